The third-order valence-corrected chi connectivity index (χ3v) is 1.73. The molecule has 0 aromatic heterocycles. The van der Waals surface area contributed by atoms with Crippen LogP contribution in [0.3, 0.4) is 0 Å². The Hall–Kier alpha value is -0.440. The summed E-state index contributed by atoms with van der Waals surface area (Å²) in [5.74, 6) is 0.721. The minimum absolute atomic E-state index is 0.00446. The van der Waals surface area contributed by atoms with Gasteiger partial charge in [0.05, 0.1) is 4.91 Å². The maximum Gasteiger partial charge on any atom is 0.209 e. The Morgan fingerprint density at radius 2 is 2.44 bits per heavy atom. The van der Waals surface area contributed by atoms with Crippen molar-refractivity contribution in [2.45, 2.75) is 13.3 Å². The summed E-state index contributed by atoms with van der Waals surface area (Å²) in [7, 11) is 0. The van der Waals surface area contributed by atoms with Gasteiger partial charge in [0.2, 0.25) is 5.78 Å². The second-order valence-corrected chi connectivity index (χ2v) is 2.28. The summed E-state index contributed by atoms with van der Waals surface area (Å²) in [4.78, 5) is 11.2. The van der Waals surface area contributed by atoms with Gasteiger partial charge in [0.25, 0.3) is 0 Å². The van der Waals surface area contributed by atoms with E-state index in [2.05, 4.69) is 12.6 Å². The molecule has 0 fully saturated rings. The second kappa shape index (κ2) is 2.43. The molecule has 0 radical (unpaired) electrons. The van der Waals surface area contributed by atoms with Crippen LogP contribution in [-0.4, -0.2) is 12.4 Å². The van der Waals surface area contributed by atoms with E-state index in [1.54, 1.807) is 0 Å². The molecule has 1 heterocycles. The molecule has 1 rings (SSSR count). The molecule has 1 aliphatic heterocycles. The van der Waals surface area contributed by atoms with Crippen molar-refractivity contribution in [2.24, 2.45) is 0 Å². The van der Waals surface area contributed by atoms with Gasteiger partial charge in [-0.05, 0) is 0 Å². The highest BCUT2D eigenvalue weighted by molar-refractivity contribution is 7.85. The summed E-state index contributed by atoms with van der Waals surface area (Å²) in [5, 5.41) is 0. The van der Waals surface area contributed by atoms with Crippen molar-refractivity contribution in [3.8, 4) is 0 Å². The average Bonchev–Trinajstić information content (AvgIpc) is 2.15. The van der Waals surface area contributed by atoms with Crippen LogP contribution in [0.25, 0.3) is 0 Å². The fourth-order valence-corrected chi connectivity index (χ4v) is 1.00. The van der Waals surface area contributed by atoms with Gasteiger partial charge >= 0.3 is 0 Å². The van der Waals surface area contributed by atoms with E-state index >= 15 is 0 Å². The molecule has 0 atom stereocenters. The third-order valence-electron chi connectivity index (χ3n) is 1.23. The molecule has 0 spiro atoms. The van der Waals surface area contributed by atoms with Gasteiger partial charge in [0.1, 0.15) is 5.76 Å². The minimum atomic E-state index is -0.00446. The lowest BCUT2D eigenvalue weighted by atomic mass is 10.3. The highest BCUT2D eigenvalue weighted by atomic mass is 32.1. The highest BCUT2D eigenvalue weighted by Gasteiger charge is 2.19. The zero-order valence-corrected chi connectivity index (χ0v) is 6.07. The Labute approximate surface area is 59.3 Å². The number of Topliss-reactive ketones (excluding diaryl/α,β-unsaturated/α-hetero) is 1. The van der Waals surface area contributed by atoms with Crippen molar-refractivity contribution < 1.29 is 9.53 Å². The highest BCUT2D eigenvalue weighted by Crippen LogP contribution is 2.20. The maximum atomic E-state index is 10.7. The first kappa shape index (κ1) is 6.68. The average molecular weight is 144 g/mol. The lowest BCUT2D eigenvalue weighted by Crippen LogP contribution is -1.95. The molecular formula is C6H8O2S. The van der Waals surface area contributed by atoms with Crippen LogP contribution in [0, 0.1) is 0 Å². The van der Waals surface area contributed by atoms with Gasteiger partial charge in [-0.3, -0.25) is 4.79 Å². The van der Waals surface area contributed by atoms with Gasteiger partial charge in [-0.2, -0.15) is 0 Å². The molecule has 0 saturated heterocycles. The van der Waals surface area contributed by atoms with E-state index in [-0.39, 0.29) is 12.4 Å². The van der Waals surface area contributed by atoms with Crippen LogP contribution in [0.1, 0.15) is 13.3 Å². The Morgan fingerprint density at radius 3 is 2.67 bits per heavy atom. The van der Waals surface area contributed by atoms with E-state index in [1.807, 2.05) is 6.92 Å². The van der Waals surface area contributed by atoms with Crippen LogP contribution in [0.2, 0.25) is 0 Å². The summed E-state index contributed by atoms with van der Waals surface area (Å²) in [6, 6.07) is 0. The Bertz CT molecular complexity index is 172. The van der Waals surface area contributed by atoms with E-state index in [0.29, 0.717) is 4.91 Å². The molecule has 0 saturated carbocycles. The largest absolute Gasteiger partial charge is 0.488 e. The quantitative estimate of drug-likeness (QED) is 0.558. The molecule has 0 aromatic rings. The zero-order chi connectivity index (χ0) is 6.85. The Kier molecular flexibility index (Phi) is 1.81. The number of hydrogen-bond acceptors (Lipinski definition) is 3. The summed E-state index contributed by atoms with van der Waals surface area (Å²) in [6.45, 7) is 2.12. The van der Waals surface area contributed by atoms with Crippen LogP contribution >= 0.6 is 12.6 Å². The predicted molar refractivity (Wildman–Crippen MR) is 37.3 cm³/mol. The molecule has 50 valence electrons. The molecule has 0 aliphatic carbocycles. The smallest absolute Gasteiger partial charge is 0.209 e. The molecule has 1 aliphatic rings. The number of thiol groups is 1. The molecular weight excluding hydrogens is 136 g/mol. The van der Waals surface area contributed by atoms with Gasteiger partial charge in [0, 0.05) is 6.42 Å². The van der Waals surface area contributed by atoms with E-state index in [9.17, 15) is 4.79 Å². The van der Waals surface area contributed by atoms with Crippen LogP contribution < -0.4 is 0 Å². The summed E-state index contributed by atoms with van der Waals surface area (Å²) < 4.78 is 4.98. The fraction of sp³-hybridized carbons (Fsp3) is 0.500. The number of ketones is 1. The van der Waals surface area contributed by atoms with Gasteiger partial charge in [-0.25, -0.2) is 0 Å². The number of carbonyl (C=O) groups excluding carboxylic acids is 1. The number of rotatable bonds is 1. The van der Waals surface area contributed by atoms with Crippen molar-refractivity contribution in [3.05, 3.63) is 10.7 Å². The molecule has 2 nitrogen and oxygen atoms in total. The minimum Gasteiger partial charge on any atom is -0.488 e. The van der Waals surface area contributed by atoms with Crippen molar-refractivity contribution in [2.75, 3.05) is 6.61 Å². The fourth-order valence-electron chi connectivity index (χ4n) is 0.714. The third kappa shape index (κ3) is 1.10. The molecule has 0 bridgehead atoms. The van der Waals surface area contributed by atoms with Crippen LogP contribution in [0.5, 0.6) is 0 Å². The number of allylic oxidation sites excluding steroid dienone is 1. The summed E-state index contributed by atoms with van der Waals surface area (Å²) >= 11 is 3.97. The van der Waals surface area contributed by atoms with Gasteiger partial charge in [-0.1, -0.05) is 6.92 Å². The molecule has 9 heavy (non-hydrogen) atoms. The van der Waals surface area contributed by atoms with Gasteiger partial charge < -0.3 is 4.74 Å². The normalized spacial score (nSPS) is 18.7. The first-order valence-electron chi connectivity index (χ1n) is 2.83. The molecule has 0 amide bonds. The van der Waals surface area contributed by atoms with Crippen molar-refractivity contribution in [1.82, 2.24) is 0 Å². The molecule has 3 heteroatoms. The number of ether oxygens (including phenoxy) is 1. The monoisotopic (exact) mass is 144 g/mol. The predicted octanol–water partition coefficient (Wildman–Crippen LogP) is 1.14. The SMILES string of the molecule is CCC1=C(S)C(=O)CO1. The lowest BCUT2D eigenvalue weighted by molar-refractivity contribution is -0.116. The maximum absolute atomic E-state index is 10.7. The van der Waals surface area contributed by atoms with E-state index in [0.717, 1.165) is 12.2 Å². The van der Waals surface area contributed by atoms with E-state index in [1.165, 1.54) is 0 Å². The van der Waals surface area contributed by atoms with Crippen molar-refractivity contribution in [1.29, 1.82) is 0 Å². The first-order valence-corrected chi connectivity index (χ1v) is 3.28. The van der Waals surface area contributed by atoms with Gasteiger partial charge in [0.15, 0.2) is 6.61 Å². The van der Waals surface area contributed by atoms with E-state index < -0.39 is 0 Å². The second-order valence-electron chi connectivity index (χ2n) is 1.84. The van der Waals surface area contributed by atoms with Crippen molar-refractivity contribution >= 4 is 18.4 Å². The van der Waals surface area contributed by atoms with Gasteiger partial charge in [-0.15, -0.1) is 12.6 Å². The van der Waals surface area contributed by atoms with Crippen LogP contribution in [0.4, 0.5) is 0 Å². The topological polar surface area (TPSA) is 26.3 Å². The Balaban J connectivity index is 2.79. The molecule has 0 N–H and O–H groups in total. The van der Waals surface area contributed by atoms with Crippen LogP contribution in [-0.2, 0) is 9.53 Å². The van der Waals surface area contributed by atoms with Crippen molar-refractivity contribution in [3.63, 3.8) is 0 Å². The van der Waals surface area contributed by atoms with E-state index in [4.69, 9.17) is 4.74 Å². The Morgan fingerprint density at radius 1 is 1.78 bits per heavy atom. The number of hydrogen-bond donors (Lipinski definition) is 1. The van der Waals surface area contributed by atoms with Crippen LogP contribution in [0.15, 0.2) is 10.7 Å². The lowest BCUT2D eigenvalue weighted by Gasteiger charge is -1.95. The summed E-state index contributed by atoms with van der Waals surface area (Å²) in [6.07, 6.45) is 0.755. The summed E-state index contributed by atoms with van der Waals surface area (Å²) in [5.41, 5.74) is 0. The zero-order valence-electron chi connectivity index (χ0n) is 5.18. The molecule has 0 aromatic carbocycles. The number of carbonyl (C=O) groups is 1. The first-order chi connectivity index (χ1) is 4.25. The standard InChI is InChI=1S/C6H8O2S/c1-2-5-6(9)4(7)3-8-5/h9H,2-3H2,1H3. The molecule has 0 unspecified atom stereocenters.